The fraction of sp³-hybridized carbons (Fsp3) is 0.538. The number of methoxy groups -OCH3 is 1. The van der Waals surface area contributed by atoms with Crippen LogP contribution in [0.25, 0.3) is 0 Å². The average molecular weight is 240 g/mol. The first-order valence-electron chi connectivity index (χ1n) is 5.85. The summed E-state index contributed by atoms with van der Waals surface area (Å²) < 4.78 is 5.22. The van der Waals surface area contributed by atoms with E-state index in [0.717, 1.165) is 23.7 Å². The largest absolute Gasteiger partial charge is 0.497 e. The molecule has 1 N–H and O–H groups in total. The molecule has 0 spiro atoms. The molecule has 0 bridgehead atoms. The number of hydrogen-bond donors (Lipinski definition) is 1. The summed E-state index contributed by atoms with van der Waals surface area (Å²) in [7, 11) is 1.67. The maximum Gasteiger partial charge on any atom is 0.120 e. The highest BCUT2D eigenvalue weighted by atomic mass is 35.5. The van der Waals surface area contributed by atoms with Gasteiger partial charge in [0.05, 0.1) is 7.11 Å². The maximum atomic E-state index is 6.05. The Balaban J connectivity index is 2.04. The van der Waals surface area contributed by atoms with E-state index < -0.39 is 0 Å². The highest BCUT2D eigenvalue weighted by Gasteiger charge is 2.13. The van der Waals surface area contributed by atoms with Gasteiger partial charge in [-0.3, -0.25) is 0 Å². The number of hydrogen-bond acceptors (Lipinski definition) is 2. The lowest BCUT2D eigenvalue weighted by Crippen LogP contribution is -2.35. The Hall–Kier alpha value is -0.730. The van der Waals surface area contributed by atoms with Crippen LogP contribution in [-0.4, -0.2) is 19.7 Å². The number of nitrogens with one attached hydrogen (secondary N) is 1. The number of benzene rings is 1. The van der Waals surface area contributed by atoms with E-state index in [1.54, 1.807) is 7.11 Å². The van der Waals surface area contributed by atoms with Gasteiger partial charge >= 0.3 is 0 Å². The van der Waals surface area contributed by atoms with Crippen LogP contribution < -0.4 is 10.1 Å². The van der Waals surface area contributed by atoms with Crippen molar-refractivity contribution < 1.29 is 4.74 Å². The molecule has 1 aliphatic heterocycles. The van der Waals surface area contributed by atoms with E-state index in [1.165, 1.54) is 24.8 Å². The molecule has 0 aromatic heterocycles. The summed E-state index contributed by atoms with van der Waals surface area (Å²) in [5, 5.41) is 4.30. The van der Waals surface area contributed by atoms with Crippen LogP contribution in [0.3, 0.4) is 0 Å². The molecule has 1 saturated heterocycles. The number of halogens is 1. The lowest BCUT2D eigenvalue weighted by atomic mass is 9.98. The lowest BCUT2D eigenvalue weighted by molar-refractivity contribution is 0.396. The fourth-order valence-electron chi connectivity index (χ4n) is 2.24. The smallest absolute Gasteiger partial charge is 0.120 e. The monoisotopic (exact) mass is 239 g/mol. The van der Waals surface area contributed by atoms with Gasteiger partial charge in [0, 0.05) is 11.1 Å². The Labute approximate surface area is 102 Å². The molecule has 1 heterocycles. The van der Waals surface area contributed by atoms with Crippen molar-refractivity contribution in [2.45, 2.75) is 31.7 Å². The van der Waals surface area contributed by atoms with Crippen LogP contribution >= 0.6 is 11.6 Å². The van der Waals surface area contributed by atoms with Crippen molar-refractivity contribution in [3.8, 4) is 5.75 Å². The summed E-state index contributed by atoms with van der Waals surface area (Å²) in [4.78, 5) is 0. The van der Waals surface area contributed by atoms with Gasteiger partial charge < -0.3 is 10.1 Å². The Morgan fingerprint density at radius 2 is 2.25 bits per heavy atom. The third-order valence-corrected chi connectivity index (χ3v) is 3.28. The third-order valence-electron chi connectivity index (χ3n) is 3.06. The topological polar surface area (TPSA) is 21.3 Å². The van der Waals surface area contributed by atoms with E-state index >= 15 is 0 Å². The first-order valence-corrected chi connectivity index (χ1v) is 6.22. The maximum absolute atomic E-state index is 6.05. The molecule has 0 aliphatic carbocycles. The van der Waals surface area contributed by atoms with E-state index in [1.807, 2.05) is 12.1 Å². The SMILES string of the molecule is COc1cc(Cl)cc(CC2CCCCN2)c1. The minimum absolute atomic E-state index is 0.594. The van der Waals surface area contributed by atoms with Gasteiger partial charge in [0.25, 0.3) is 0 Å². The highest BCUT2D eigenvalue weighted by molar-refractivity contribution is 6.30. The molecular formula is C13H18ClNO. The van der Waals surface area contributed by atoms with Crippen molar-refractivity contribution in [2.24, 2.45) is 0 Å². The van der Waals surface area contributed by atoms with E-state index in [-0.39, 0.29) is 0 Å². The molecule has 2 rings (SSSR count). The molecule has 0 radical (unpaired) electrons. The van der Waals surface area contributed by atoms with E-state index in [4.69, 9.17) is 16.3 Å². The minimum Gasteiger partial charge on any atom is -0.497 e. The van der Waals surface area contributed by atoms with Crippen LogP contribution in [0, 0.1) is 0 Å². The molecule has 3 heteroatoms. The number of ether oxygens (including phenoxy) is 1. The third kappa shape index (κ3) is 3.13. The van der Waals surface area contributed by atoms with Crippen LogP contribution in [0.2, 0.25) is 5.02 Å². The van der Waals surface area contributed by atoms with E-state index in [9.17, 15) is 0 Å². The Morgan fingerprint density at radius 3 is 2.94 bits per heavy atom. The van der Waals surface area contributed by atoms with Gasteiger partial charge in [-0.25, -0.2) is 0 Å². The Morgan fingerprint density at radius 1 is 1.38 bits per heavy atom. The molecule has 2 nitrogen and oxygen atoms in total. The zero-order valence-electron chi connectivity index (χ0n) is 9.63. The van der Waals surface area contributed by atoms with Gasteiger partial charge in [-0.15, -0.1) is 0 Å². The first kappa shape index (κ1) is 11.7. The molecule has 0 amide bonds. The standard InChI is InChI=1S/C13H18ClNO/c1-16-13-8-10(6-11(14)9-13)7-12-4-2-3-5-15-12/h6,8-9,12,15H,2-5,7H2,1H3. The van der Waals surface area contributed by atoms with Crippen LogP contribution in [0.4, 0.5) is 0 Å². The van der Waals surface area contributed by atoms with Gasteiger partial charge in [-0.05, 0) is 49.6 Å². The molecule has 1 fully saturated rings. The molecular weight excluding hydrogens is 222 g/mol. The predicted molar refractivity (Wildman–Crippen MR) is 67.3 cm³/mol. The summed E-state index contributed by atoms with van der Waals surface area (Å²) in [5.41, 5.74) is 1.25. The average Bonchev–Trinajstić information content (AvgIpc) is 2.29. The summed E-state index contributed by atoms with van der Waals surface area (Å²) >= 11 is 6.05. The van der Waals surface area contributed by atoms with Crippen molar-refractivity contribution >= 4 is 11.6 Å². The zero-order chi connectivity index (χ0) is 11.4. The second-order valence-corrected chi connectivity index (χ2v) is 4.79. The number of rotatable bonds is 3. The van der Waals surface area contributed by atoms with Crippen molar-refractivity contribution in [3.63, 3.8) is 0 Å². The normalized spacial score (nSPS) is 20.8. The van der Waals surface area contributed by atoms with E-state index in [0.29, 0.717) is 6.04 Å². The van der Waals surface area contributed by atoms with Crippen LogP contribution in [0.5, 0.6) is 5.75 Å². The lowest BCUT2D eigenvalue weighted by Gasteiger charge is -2.23. The van der Waals surface area contributed by atoms with Gasteiger partial charge in [0.2, 0.25) is 0 Å². The number of piperidine rings is 1. The molecule has 1 aliphatic rings. The first-order chi connectivity index (χ1) is 7.78. The second-order valence-electron chi connectivity index (χ2n) is 4.35. The molecule has 1 aromatic rings. The second kappa shape index (κ2) is 5.55. The molecule has 88 valence electrons. The van der Waals surface area contributed by atoms with Gasteiger partial charge in [0.15, 0.2) is 0 Å². The summed E-state index contributed by atoms with van der Waals surface area (Å²) in [6.45, 7) is 1.14. The Kier molecular flexibility index (Phi) is 4.08. The Bertz CT molecular complexity index is 348. The predicted octanol–water partition coefficient (Wildman–Crippen LogP) is 3.03. The highest BCUT2D eigenvalue weighted by Crippen LogP contribution is 2.22. The van der Waals surface area contributed by atoms with Crippen molar-refractivity contribution in [1.29, 1.82) is 0 Å². The quantitative estimate of drug-likeness (QED) is 0.876. The summed E-state index contributed by atoms with van der Waals surface area (Å²) in [6, 6.07) is 6.54. The molecule has 1 aromatic carbocycles. The van der Waals surface area contributed by atoms with Crippen LogP contribution in [0.15, 0.2) is 18.2 Å². The van der Waals surface area contributed by atoms with E-state index in [2.05, 4.69) is 11.4 Å². The molecule has 1 atom stereocenters. The fourth-order valence-corrected chi connectivity index (χ4v) is 2.49. The van der Waals surface area contributed by atoms with Crippen LogP contribution in [-0.2, 0) is 6.42 Å². The minimum atomic E-state index is 0.594. The van der Waals surface area contributed by atoms with Gasteiger partial charge in [-0.1, -0.05) is 18.0 Å². The van der Waals surface area contributed by atoms with Crippen LogP contribution in [0.1, 0.15) is 24.8 Å². The zero-order valence-corrected chi connectivity index (χ0v) is 10.4. The molecule has 1 unspecified atom stereocenters. The summed E-state index contributed by atoms with van der Waals surface area (Å²) in [6.07, 6.45) is 4.93. The van der Waals surface area contributed by atoms with Crippen molar-refractivity contribution in [2.75, 3.05) is 13.7 Å². The molecule has 16 heavy (non-hydrogen) atoms. The van der Waals surface area contributed by atoms with Crippen molar-refractivity contribution in [3.05, 3.63) is 28.8 Å². The van der Waals surface area contributed by atoms with Crippen molar-refractivity contribution in [1.82, 2.24) is 5.32 Å². The van der Waals surface area contributed by atoms with Gasteiger partial charge in [-0.2, -0.15) is 0 Å². The molecule has 0 saturated carbocycles. The van der Waals surface area contributed by atoms with Gasteiger partial charge in [0.1, 0.15) is 5.75 Å². The summed E-state index contributed by atoms with van der Waals surface area (Å²) in [5.74, 6) is 0.846.